The quantitative estimate of drug-likeness (QED) is 0.638. The van der Waals surface area contributed by atoms with Crippen molar-refractivity contribution in [3.8, 4) is 0 Å². The Kier molecular flexibility index (Phi) is 3.66. The van der Waals surface area contributed by atoms with Crippen molar-refractivity contribution in [2.45, 2.75) is 32.7 Å². The highest BCUT2D eigenvalue weighted by Crippen LogP contribution is 2.05. The molecular weight excluding hydrogens is 184 g/mol. The summed E-state index contributed by atoms with van der Waals surface area (Å²) in [6, 6.07) is 0.366. The van der Waals surface area contributed by atoms with Crippen LogP contribution in [0.25, 0.3) is 0 Å². The van der Waals surface area contributed by atoms with Gasteiger partial charge in [0.05, 0.1) is 0 Å². The van der Waals surface area contributed by atoms with Crippen LogP contribution >= 0.6 is 12.2 Å². The van der Waals surface area contributed by atoms with Crippen LogP contribution in [-0.2, 0) is 4.79 Å². The van der Waals surface area contributed by atoms with Crippen molar-refractivity contribution < 1.29 is 4.79 Å². The Morgan fingerprint density at radius 1 is 1.46 bits per heavy atom. The minimum absolute atomic E-state index is 0.351. The third-order valence-corrected chi connectivity index (χ3v) is 2.40. The van der Waals surface area contributed by atoms with Crippen molar-refractivity contribution in [1.82, 2.24) is 10.2 Å². The maximum Gasteiger partial charge on any atom is 0.169 e. The number of thiocarbonyl (C=S) groups is 1. The zero-order chi connectivity index (χ0) is 9.84. The van der Waals surface area contributed by atoms with Crippen LogP contribution in [0.1, 0.15) is 26.7 Å². The van der Waals surface area contributed by atoms with Gasteiger partial charge in [-0.15, -0.1) is 0 Å². The average molecular weight is 200 g/mol. The number of nitrogens with one attached hydrogen (secondary N) is 1. The first-order chi connectivity index (χ1) is 6.09. The summed E-state index contributed by atoms with van der Waals surface area (Å²) in [6.45, 7) is 5.66. The zero-order valence-corrected chi connectivity index (χ0v) is 8.99. The largest absolute Gasteiger partial charge is 0.360 e. The maximum absolute atomic E-state index is 11.0. The Hall–Kier alpha value is -0.640. The zero-order valence-electron chi connectivity index (χ0n) is 8.17. The van der Waals surface area contributed by atoms with E-state index in [2.05, 4.69) is 24.1 Å². The molecule has 1 heterocycles. The van der Waals surface area contributed by atoms with Gasteiger partial charge in [0.2, 0.25) is 0 Å². The number of nitrogens with zero attached hydrogens (tertiary/aromatic N) is 1. The monoisotopic (exact) mass is 200 g/mol. The molecule has 13 heavy (non-hydrogen) atoms. The minimum atomic E-state index is 0.351. The first-order valence-corrected chi connectivity index (χ1v) is 5.07. The molecule has 4 heteroatoms. The van der Waals surface area contributed by atoms with Crippen molar-refractivity contribution in [2.24, 2.45) is 0 Å². The van der Waals surface area contributed by atoms with Gasteiger partial charge in [0.15, 0.2) is 5.11 Å². The summed E-state index contributed by atoms with van der Waals surface area (Å²) in [5.74, 6) is 0.351. The SMILES string of the molecule is CC(C)NC(=S)N1CCC(=O)CC1. The fourth-order valence-electron chi connectivity index (χ4n) is 1.30. The van der Waals surface area contributed by atoms with Gasteiger partial charge in [-0.3, -0.25) is 4.79 Å². The predicted molar refractivity (Wildman–Crippen MR) is 56.7 cm³/mol. The molecule has 1 rings (SSSR count). The molecule has 1 fully saturated rings. The Bertz CT molecular complexity index is 206. The fourth-order valence-corrected chi connectivity index (χ4v) is 1.72. The number of hydrogen-bond acceptors (Lipinski definition) is 2. The summed E-state index contributed by atoms with van der Waals surface area (Å²) >= 11 is 5.19. The second kappa shape index (κ2) is 4.56. The van der Waals surface area contributed by atoms with Gasteiger partial charge < -0.3 is 10.2 Å². The van der Waals surface area contributed by atoms with Gasteiger partial charge in [-0.25, -0.2) is 0 Å². The van der Waals surface area contributed by atoms with Crippen LogP contribution in [0, 0.1) is 0 Å². The topological polar surface area (TPSA) is 32.3 Å². The van der Waals surface area contributed by atoms with Crippen LogP contribution in [0.3, 0.4) is 0 Å². The van der Waals surface area contributed by atoms with E-state index in [1.807, 2.05) is 0 Å². The van der Waals surface area contributed by atoms with E-state index in [1.54, 1.807) is 0 Å². The van der Waals surface area contributed by atoms with E-state index in [0.717, 1.165) is 18.2 Å². The van der Waals surface area contributed by atoms with E-state index in [0.29, 0.717) is 24.7 Å². The molecule has 0 aromatic heterocycles. The molecular formula is C9H16N2OS. The smallest absolute Gasteiger partial charge is 0.169 e. The van der Waals surface area contributed by atoms with Crippen molar-refractivity contribution in [1.29, 1.82) is 0 Å². The van der Waals surface area contributed by atoms with Gasteiger partial charge in [-0.05, 0) is 26.1 Å². The Balaban J connectivity index is 2.35. The summed E-state index contributed by atoms with van der Waals surface area (Å²) < 4.78 is 0. The first kappa shape index (κ1) is 10.4. The van der Waals surface area contributed by atoms with Crippen molar-refractivity contribution in [3.05, 3.63) is 0 Å². The lowest BCUT2D eigenvalue weighted by Crippen LogP contribution is -2.46. The number of likely N-dealkylation sites (tertiary alicyclic amines) is 1. The molecule has 0 aromatic carbocycles. The molecule has 0 spiro atoms. The summed E-state index contributed by atoms with van der Waals surface area (Å²) in [5, 5.41) is 3.95. The number of ketones is 1. The number of hydrogen-bond donors (Lipinski definition) is 1. The maximum atomic E-state index is 11.0. The van der Waals surface area contributed by atoms with Gasteiger partial charge in [0.25, 0.3) is 0 Å². The van der Waals surface area contributed by atoms with E-state index in [1.165, 1.54) is 0 Å². The van der Waals surface area contributed by atoms with Gasteiger partial charge in [0.1, 0.15) is 5.78 Å². The van der Waals surface area contributed by atoms with E-state index in [9.17, 15) is 4.79 Å². The molecule has 0 atom stereocenters. The molecule has 0 bridgehead atoms. The average Bonchev–Trinajstić information content (AvgIpc) is 2.04. The van der Waals surface area contributed by atoms with E-state index in [4.69, 9.17) is 12.2 Å². The van der Waals surface area contributed by atoms with Gasteiger partial charge in [-0.2, -0.15) is 0 Å². The number of rotatable bonds is 1. The molecule has 0 amide bonds. The Morgan fingerprint density at radius 2 is 2.00 bits per heavy atom. The van der Waals surface area contributed by atoms with Crippen LogP contribution in [0.15, 0.2) is 0 Å². The number of carbonyl (C=O) groups excluding carboxylic acids is 1. The molecule has 0 saturated carbocycles. The molecule has 0 unspecified atom stereocenters. The number of carbonyl (C=O) groups is 1. The van der Waals surface area contributed by atoms with Crippen LogP contribution in [0.4, 0.5) is 0 Å². The molecule has 0 radical (unpaired) electrons. The highest BCUT2D eigenvalue weighted by atomic mass is 32.1. The second-order valence-electron chi connectivity index (χ2n) is 3.63. The second-order valence-corrected chi connectivity index (χ2v) is 4.02. The lowest BCUT2D eigenvalue weighted by Gasteiger charge is -2.29. The van der Waals surface area contributed by atoms with Gasteiger partial charge in [0, 0.05) is 32.0 Å². The lowest BCUT2D eigenvalue weighted by molar-refractivity contribution is -0.120. The summed E-state index contributed by atoms with van der Waals surface area (Å²) in [7, 11) is 0. The normalized spacial score (nSPS) is 17.8. The molecule has 1 aliphatic rings. The third kappa shape index (κ3) is 3.30. The summed E-state index contributed by atoms with van der Waals surface area (Å²) in [4.78, 5) is 13.0. The van der Waals surface area contributed by atoms with Crippen molar-refractivity contribution >= 4 is 23.1 Å². The van der Waals surface area contributed by atoms with Gasteiger partial charge in [-0.1, -0.05) is 0 Å². The Labute approximate surface area is 84.5 Å². The lowest BCUT2D eigenvalue weighted by atomic mass is 10.1. The molecule has 1 aliphatic heterocycles. The first-order valence-electron chi connectivity index (χ1n) is 4.66. The van der Waals surface area contributed by atoms with Crippen LogP contribution in [0.5, 0.6) is 0 Å². The van der Waals surface area contributed by atoms with Crippen molar-refractivity contribution in [3.63, 3.8) is 0 Å². The summed E-state index contributed by atoms with van der Waals surface area (Å²) in [5.41, 5.74) is 0. The highest BCUT2D eigenvalue weighted by Gasteiger charge is 2.18. The summed E-state index contributed by atoms with van der Waals surface area (Å²) in [6.07, 6.45) is 1.28. The predicted octanol–water partition coefficient (Wildman–Crippen LogP) is 0.934. The van der Waals surface area contributed by atoms with E-state index >= 15 is 0 Å². The highest BCUT2D eigenvalue weighted by molar-refractivity contribution is 7.80. The van der Waals surface area contributed by atoms with E-state index < -0.39 is 0 Å². The fraction of sp³-hybridized carbons (Fsp3) is 0.778. The number of Topliss-reactive ketones (excluding diaryl/α,β-unsaturated/α-hetero) is 1. The number of piperidine rings is 1. The molecule has 0 aliphatic carbocycles. The molecule has 0 aromatic rings. The van der Waals surface area contributed by atoms with Crippen molar-refractivity contribution in [2.75, 3.05) is 13.1 Å². The van der Waals surface area contributed by atoms with Crippen LogP contribution in [0.2, 0.25) is 0 Å². The molecule has 74 valence electrons. The van der Waals surface area contributed by atoms with Gasteiger partial charge >= 0.3 is 0 Å². The minimum Gasteiger partial charge on any atom is -0.360 e. The van der Waals surface area contributed by atoms with Crippen LogP contribution in [-0.4, -0.2) is 34.9 Å². The van der Waals surface area contributed by atoms with Crippen LogP contribution < -0.4 is 5.32 Å². The third-order valence-electron chi connectivity index (χ3n) is 2.02. The molecule has 1 saturated heterocycles. The molecule has 3 nitrogen and oxygen atoms in total. The molecule has 1 N–H and O–H groups in total. The standard InChI is InChI=1S/C9H16N2OS/c1-7(2)10-9(13)11-5-3-8(12)4-6-11/h7H,3-6H2,1-2H3,(H,10,13). The van der Waals surface area contributed by atoms with E-state index in [-0.39, 0.29) is 0 Å². The Morgan fingerprint density at radius 3 is 2.46 bits per heavy atom.